The van der Waals surface area contributed by atoms with Crippen LogP contribution < -0.4 is 0 Å². The van der Waals surface area contributed by atoms with Gasteiger partial charge >= 0.3 is 0 Å². The number of nitrogens with zero attached hydrogens (tertiary/aromatic N) is 2. The van der Waals surface area contributed by atoms with Crippen molar-refractivity contribution in [2.75, 3.05) is 6.54 Å². The first-order valence-corrected chi connectivity index (χ1v) is 6.57. The lowest BCUT2D eigenvalue weighted by molar-refractivity contribution is 0.0626. The summed E-state index contributed by atoms with van der Waals surface area (Å²) >= 11 is 0. The molecule has 1 aliphatic carbocycles. The van der Waals surface area contributed by atoms with E-state index in [0.29, 0.717) is 6.04 Å². The van der Waals surface area contributed by atoms with Crippen LogP contribution in [0.5, 0.6) is 0 Å². The van der Waals surface area contributed by atoms with Crippen molar-refractivity contribution >= 4 is 5.91 Å². The largest absolute Gasteiger partial charge is 0.335 e. The van der Waals surface area contributed by atoms with Gasteiger partial charge in [-0.15, -0.1) is 0 Å². The van der Waals surface area contributed by atoms with Crippen LogP contribution >= 0.6 is 0 Å². The van der Waals surface area contributed by atoms with Gasteiger partial charge in [-0.25, -0.2) is 0 Å². The molecular weight excluding hydrogens is 212 g/mol. The number of hydrogen-bond donors (Lipinski definition) is 0. The Labute approximate surface area is 102 Å². The number of carbonyl (C=O) groups excluding carboxylic acids is 1. The van der Waals surface area contributed by atoms with E-state index in [1.165, 1.54) is 25.7 Å². The third kappa shape index (κ3) is 1.94. The SMILES string of the molecule is O=C(c1cccnc1)N1CCCC1C1CCC1. The topological polar surface area (TPSA) is 33.2 Å². The summed E-state index contributed by atoms with van der Waals surface area (Å²) in [6.45, 7) is 0.925. The van der Waals surface area contributed by atoms with Gasteiger partial charge in [0.05, 0.1) is 5.56 Å². The van der Waals surface area contributed by atoms with Crippen molar-refractivity contribution in [2.45, 2.75) is 38.1 Å². The Hall–Kier alpha value is -1.38. The molecular formula is C14H18N2O. The molecule has 1 saturated carbocycles. The van der Waals surface area contributed by atoms with Crippen molar-refractivity contribution in [3.8, 4) is 0 Å². The van der Waals surface area contributed by atoms with E-state index in [2.05, 4.69) is 9.88 Å². The van der Waals surface area contributed by atoms with Gasteiger partial charge < -0.3 is 4.90 Å². The zero-order valence-electron chi connectivity index (χ0n) is 10.0. The molecule has 3 heteroatoms. The van der Waals surface area contributed by atoms with Crippen molar-refractivity contribution in [3.05, 3.63) is 30.1 Å². The van der Waals surface area contributed by atoms with E-state index in [4.69, 9.17) is 0 Å². The molecule has 2 heterocycles. The molecule has 1 aliphatic heterocycles. The summed E-state index contributed by atoms with van der Waals surface area (Å²) in [5, 5.41) is 0. The highest BCUT2D eigenvalue weighted by molar-refractivity contribution is 5.94. The van der Waals surface area contributed by atoms with Crippen molar-refractivity contribution in [2.24, 2.45) is 5.92 Å². The van der Waals surface area contributed by atoms with E-state index in [1.54, 1.807) is 12.4 Å². The number of likely N-dealkylation sites (tertiary alicyclic amines) is 1. The number of hydrogen-bond acceptors (Lipinski definition) is 2. The molecule has 0 radical (unpaired) electrons. The summed E-state index contributed by atoms with van der Waals surface area (Å²) in [6.07, 6.45) is 9.70. The fraction of sp³-hybridized carbons (Fsp3) is 0.571. The Morgan fingerprint density at radius 1 is 1.29 bits per heavy atom. The molecule has 0 aromatic carbocycles. The number of pyridine rings is 1. The molecule has 1 amide bonds. The molecule has 1 saturated heterocycles. The minimum atomic E-state index is 0.174. The number of aromatic nitrogens is 1. The summed E-state index contributed by atoms with van der Waals surface area (Å²) in [5.41, 5.74) is 0.735. The maximum atomic E-state index is 12.4. The Morgan fingerprint density at radius 3 is 2.82 bits per heavy atom. The molecule has 1 aromatic rings. The van der Waals surface area contributed by atoms with E-state index in [9.17, 15) is 4.79 Å². The van der Waals surface area contributed by atoms with Gasteiger partial charge in [0.15, 0.2) is 0 Å². The maximum absolute atomic E-state index is 12.4. The first-order chi connectivity index (χ1) is 8.36. The van der Waals surface area contributed by atoms with Crippen LogP contribution in [0.2, 0.25) is 0 Å². The van der Waals surface area contributed by atoms with Crippen LogP contribution in [0.15, 0.2) is 24.5 Å². The fourth-order valence-corrected chi connectivity index (χ4v) is 3.01. The van der Waals surface area contributed by atoms with Crippen LogP contribution in [0.25, 0.3) is 0 Å². The lowest BCUT2D eigenvalue weighted by atomic mass is 9.78. The van der Waals surface area contributed by atoms with E-state index < -0.39 is 0 Å². The zero-order chi connectivity index (χ0) is 11.7. The van der Waals surface area contributed by atoms with Crippen LogP contribution in [0.4, 0.5) is 0 Å². The van der Waals surface area contributed by atoms with E-state index in [1.807, 2.05) is 12.1 Å². The average molecular weight is 230 g/mol. The van der Waals surface area contributed by atoms with Crippen molar-refractivity contribution < 1.29 is 4.79 Å². The summed E-state index contributed by atoms with van der Waals surface area (Å²) in [7, 11) is 0. The second-order valence-electron chi connectivity index (χ2n) is 5.14. The first kappa shape index (κ1) is 10.8. The summed E-state index contributed by atoms with van der Waals surface area (Å²) in [6, 6.07) is 4.20. The van der Waals surface area contributed by atoms with Gasteiger partial charge in [0.25, 0.3) is 5.91 Å². The van der Waals surface area contributed by atoms with Crippen molar-refractivity contribution in [1.29, 1.82) is 0 Å². The van der Waals surface area contributed by atoms with Crippen LogP contribution in [0, 0.1) is 5.92 Å². The van der Waals surface area contributed by atoms with Gasteiger partial charge in [-0.1, -0.05) is 6.42 Å². The summed E-state index contributed by atoms with van der Waals surface area (Å²) in [5.74, 6) is 0.936. The molecule has 0 bridgehead atoms. The minimum absolute atomic E-state index is 0.174. The molecule has 3 nitrogen and oxygen atoms in total. The molecule has 1 atom stereocenters. The maximum Gasteiger partial charge on any atom is 0.255 e. The second-order valence-corrected chi connectivity index (χ2v) is 5.14. The Bertz CT molecular complexity index is 400. The van der Waals surface area contributed by atoms with Gasteiger partial charge in [-0.05, 0) is 43.7 Å². The van der Waals surface area contributed by atoms with Crippen molar-refractivity contribution in [1.82, 2.24) is 9.88 Å². The van der Waals surface area contributed by atoms with Gasteiger partial charge in [0, 0.05) is 25.0 Å². The average Bonchev–Trinajstić information content (AvgIpc) is 2.76. The Balaban J connectivity index is 1.76. The standard InChI is InChI=1S/C14H18N2O/c17-14(12-6-2-8-15-10-12)16-9-3-7-13(16)11-4-1-5-11/h2,6,8,10-11,13H,1,3-5,7,9H2. The van der Waals surface area contributed by atoms with Crippen LogP contribution in [-0.2, 0) is 0 Å². The van der Waals surface area contributed by atoms with Gasteiger partial charge in [0.1, 0.15) is 0 Å². The highest BCUT2D eigenvalue weighted by atomic mass is 16.2. The molecule has 2 fully saturated rings. The van der Waals surface area contributed by atoms with Gasteiger partial charge in [-0.3, -0.25) is 9.78 Å². The Kier molecular flexibility index (Phi) is 2.83. The molecule has 2 aliphatic rings. The van der Waals surface area contributed by atoms with Crippen LogP contribution in [0.3, 0.4) is 0 Å². The van der Waals surface area contributed by atoms with E-state index in [-0.39, 0.29) is 5.91 Å². The molecule has 0 spiro atoms. The molecule has 0 N–H and O–H groups in total. The summed E-state index contributed by atoms with van der Waals surface area (Å²) < 4.78 is 0. The van der Waals surface area contributed by atoms with Gasteiger partial charge in [0.2, 0.25) is 0 Å². The number of carbonyl (C=O) groups is 1. The third-order valence-corrected chi connectivity index (χ3v) is 4.16. The quantitative estimate of drug-likeness (QED) is 0.782. The smallest absolute Gasteiger partial charge is 0.255 e. The zero-order valence-corrected chi connectivity index (χ0v) is 10.0. The number of amides is 1. The second kappa shape index (κ2) is 4.47. The predicted octanol–water partition coefficient (Wildman–Crippen LogP) is 2.49. The summed E-state index contributed by atoms with van der Waals surface area (Å²) in [4.78, 5) is 18.5. The first-order valence-electron chi connectivity index (χ1n) is 6.57. The monoisotopic (exact) mass is 230 g/mol. The lowest BCUT2D eigenvalue weighted by Gasteiger charge is -2.37. The molecule has 17 heavy (non-hydrogen) atoms. The highest BCUT2D eigenvalue weighted by Crippen LogP contribution is 2.37. The Morgan fingerprint density at radius 2 is 2.18 bits per heavy atom. The highest BCUT2D eigenvalue weighted by Gasteiger charge is 2.37. The van der Waals surface area contributed by atoms with E-state index in [0.717, 1.165) is 24.4 Å². The van der Waals surface area contributed by atoms with Crippen molar-refractivity contribution in [3.63, 3.8) is 0 Å². The molecule has 3 rings (SSSR count). The third-order valence-electron chi connectivity index (χ3n) is 4.16. The molecule has 1 unspecified atom stereocenters. The predicted molar refractivity (Wildman–Crippen MR) is 65.6 cm³/mol. The lowest BCUT2D eigenvalue weighted by Crippen LogP contribution is -2.42. The van der Waals surface area contributed by atoms with Crippen LogP contribution in [-0.4, -0.2) is 28.4 Å². The molecule has 90 valence electrons. The van der Waals surface area contributed by atoms with E-state index >= 15 is 0 Å². The normalized spacial score (nSPS) is 24.7. The van der Waals surface area contributed by atoms with Gasteiger partial charge in [-0.2, -0.15) is 0 Å². The molecule has 1 aromatic heterocycles. The van der Waals surface area contributed by atoms with Crippen LogP contribution in [0.1, 0.15) is 42.5 Å². The number of rotatable bonds is 2. The fourth-order valence-electron chi connectivity index (χ4n) is 3.01. The minimum Gasteiger partial charge on any atom is -0.335 e.